The largest absolute Gasteiger partial charge is 0.354 e. The molecule has 0 fully saturated rings. The minimum atomic E-state index is -0.989. The molecule has 1 unspecified atom stereocenters. The van der Waals surface area contributed by atoms with Crippen molar-refractivity contribution in [3.63, 3.8) is 0 Å². The summed E-state index contributed by atoms with van der Waals surface area (Å²) in [7, 11) is -1.17. The summed E-state index contributed by atoms with van der Waals surface area (Å²) in [6.45, 7) is 2.04. The third-order valence-electron chi connectivity index (χ3n) is 0.520. The highest BCUT2D eigenvalue weighted by Gasteiger charge is 1.92. The van der Waals surface area contributed by atoms with Gasteiger partial charge in [-0.2, -0.15) is 11.1 Å². The van der Waals surface area contributed by atoms with E-state index in [-0.39, 0.29) is 9.68 Å². The minimum Gasteiger partial charge on any atom is -0.354 e. The monoisotopic (exact) mass is 173 g/mol. The van der Waals surface area contributed by atoms with Crippen LogP contribution >= 0.6 is 22.7 Å². The Balaban J connectivity index is 2.68. The molecule has 0 aliphatic rings. The van der Waals surface area contributed by atoms with Crippen molar-refractivity contribution in [1.82, 2.24) is 4.65 Å². The summed E-state index contributed by atoms with van der Waals surface area (Å²) < 4.78 is 3.21. The van der Waals surface area contributed by atoms with Gasteiger partial charge in [0, 0.05) is 5.50 Å². The lowest BCUT2D eigenvalue weighted by molar-refractivity contribution is 1.54. The predicted molar refractivity (Wildman–Crippen MR) is 41.3 cm³/mol. The van der Waals surface area contributed by atoms with Gasteiger partial charge in [-0.1, -0.05) is 0 Å². The molecule has 0 rings (SSSR count). The molecular weight excluding hydrogens is 165 g/mol. The van der Waals surface area contributed by atoms with Gasteiger partial charge < -0.3 is 4.65 Å². The second kappa shape index (κ2) is 5.12. The van der Waals surface area contributed by atoms with Crippen LogP contribution in [0.25, 0.3) is 0 Å². The maximum atomic E-state index is 5.66. The van der Waals surface area contributed by atoms with E-state index in [1.54, 1.807) is 0 Å². The van der Waals surface area contributed by atoms with Gasteiger partial charge in [-0.05, 0) is 6.55 Å². The lowest BCUT2D eigenvalue weighted by Crippen LogP contribution is -2.30. The van der Waals surface area contributed by atoms with Gasteiger partial charge in [0.25, 0.3) is 0 Å². The fourth-order valence-corrected chi connectivity index (χ4v) is 4.24. The van der Waals surface area contributed by atoms with E-state index >= 15 is 0 Å². The summed E-state index contributed by atoms with van der Waals surface area (Å²) in [5.41, 5.74) is 0.796. The van der Waals surface area contributed by atoms with Crippen LogP contribution in [0, 0.1) is 0 Å². The first-order chi connectivity index (χ1) is 3.27. The third kappa shape index (κ3) is 6.97. The number of hydrogen-bond donors (Lipinski definition) is 1. The molecule has 44 valence electrons. The van der Waals surface area contributed by atoms with Crippen LogP contribution in [0.5, 0.6) is 0 Å². The fraction of sp³-hybridized carbons (Fsp3) is 1.00. The van der Waals surface area contributed by atoms with Crippen molar-refractivity contribution in [2.24, 2.45) is 0 Å². The molecule has 0 amide bonds. The van der Waals surface area contributed by atoms with Gasteiger partial charge in [-0.25, -0.2) is 0 Å². The first-order valence-electron chi connectivity index (χ1n) is 2.21. The molecular formula is C2H9Cl2NSi2. The van der Waals surface area contributed by atoms with Crippen LogP contribution in [0.15, 0.2) is 0 Å². The molecule has 0 aromatic rings. The molecule has 1 atom stereocenters. The van der Waals surface area contributed by atoms with Gasteiger partial charge in [-0.3, -0.25) is 0 Å². The first kappa shape index (κ1) is 7.97. The van der Waals surface area contributed by atoms with E-state index in [1.165, 1.54) is 0 Å². The van der Waals surface area contributed by atoms with Gasteiger partial charge in [0.2, 0.25) is 8.27 Å². The topological polar surface area (TPSA) is 12.0 Å². The Morgan fingerprint density at radius 3 is 2.57 bits per heavy atom. The number of halogens is 2. The van der Waals surface area contributed by atoms with Crippen LogP contribution in [-0.4, -0.2) is 23.5 Å². The van der Waals surface area contributed by atoms with E-state index in [0.29, 0.717) is 0 Å². The molecule has 7 heavy (non-hydrogen) atoms. The standard InChI is InChI=1S/C2H9Cl2NSi2/c1-7(4)5-6-2-3/h5,7H,2,6H2,1H3. The van der Waals surface area contributed by atoms with Gasteiger partial charge in [0.1, 0.15) is 9.68 Å². The Hall–Kier alpha value is 0.974. The van der Waals surface area contributed by atoms with E-state index in [2.05, 4.69) is 4.65 Å². The zero-order valence-electron chi connectivity index (χ0n) is 4.25. The lowest BCUT2D eigenvalue weighted by Gasteiger charge is -1.97. The highest BCUT2D eigenvalue weighted by molar-refractivity contribution is 7.07. The molecule has 0 saturated carbocycles. The molecule has 0 saturated heterocycles. The van der Waals surface area contributed by atoms with Crippen molar-refractivity contribution in [2.75, 3.05) is 5.50 Å². The Morgan fingerprint density at radius 1 is 1.86 bits per heavy atom. The van der Waals surface area contributed by atoms with Gasteiger partial charge in [0.15, 0.2) is 0 Å². The van der Waals surface area contributed by atoms with Crippen molar-refractivity contribution in [3.05, 3.63) is 0 Å². The van der Waals surface area contributed by atoms with E-state index < -0.39 is 8.27 Å². The summed E-state index contributed by atoms with van der Waals surface area (Å²) in [4.78, 5) is 0. The van der Waals surface area contributed by atoms with Crippen LogP contribution in [0.4, 0.5) is 0 Å². The maximum Gasteiger partial charge on any atom is 0.201 e. The summed E-state index contributed by atoms with van der Waals surface area (Å²) in [6.07, 6.45) is 0. The van der Waals surface area contributed by atoms with Crippen molar-refractivity contribution in [1.29, 1.82) is 0 Å². The molecule has 1 N–H and O–H groups in total. The zero-order valence-corrected chi connectivity index (χ0v) is 8.33. The molecule has 0 radical (unpaired) electrons. The molecule has 0 aromatic carbocycles. The molecule has 1 nitrogen and oxygen atoms in total. The molecule has 5 heteroatoms. The molecule has 0 aliphatic carbocycles. The summed E-state index contributed by atoms with van der Waals surface area (Å²) >= 11 is 11.1. The normalized spacial score (nSPS) is 15.9. The molecule has 0 bridgehead atoms. The van der Waals surface area contributed by atoms with Crippen molar-refractivity contribution >= 4 is 40.6 Å². The van der Waals surface area contributed by atoms with Crippen LogP contribution in [-0.2, 0) is 0 Å². The number of nitrogens with one attached hydrogen (secondary N) is 1. The minimum absolute atomic E-state index is 0.181. The molecule has 0 heterocycles. The number of rotatable bonds is 3. The number of alkyl halides is 1. The lowest BCUT2D eigenvalue weighted by atomic mass is 11.9. The second-order valence-electron chi connectivity index (χ2n) is 1.26. The van der Waals surface area contributed by atoms with Crippen LogP contribution < -0.4 is 4.65 Å². The van der Waals surface area contributed by atoms with Crippen molar-refractivity contribution in [3.8, 4) is 0 Å². The van der Waals surface area contributed by atoms with E-state index in [0.717, 1.165) is 5.50 Å². The average Bonchev–Trinajstić information content (AvgIpc) is 1.61. The average molecular weight is 174 g/mol. The summed E-state index contributed by atoms with van der Waals surface area (Å²) in [5.74, 6) is 0. The SMILES string of the molecule is C[SiH](Cl)N[SiH2]CCl. The quantitative estimate of drug-likeness (QED) is 0.359. The highest BCUT2D eigenvalue weighted by Crippen LogP contribution is 1.78. The third-order valence-corrected chi connectivity index (χ3v) is 6.07. The highest BCUT2D eigenvalue weighted by atomic mass is 35.6. The Bertz CT molecular complexity index is 42.7. The summed E-state index contributed by atoms with van der Waals surface area (Å²) in [6, 6.07) is 0. The van der Waals surface area contributed by atoms with E-state index in [9.17, 15) is 0 Å². The van der Waals surface area contributed by atoms with E-state index in [1.807, 2.05) is 6.55 Å². The Labute approximate surface area is 57.7 Å². The molecule has 0 spiro atoms. The number of hydrogen-bond acceptors (Lipinski definition) is 1. The van der Waals surface area contributed by atoms with Crippen molar-refractivity contribution in [2.45, 2.75) is 6.55 Å². The molecule has 0 aliphatic heterocycles. The fourth-order valence-electron chi connectivity index (χ4n) is 0.253. The van der Waals surface area contributed by atoms with Crippen LogP contribution in [0.2, 0.25) is 6.55 Å². The van der Waals surface area contributed by atoms with Gasteiger partial charge >= 0.3 is 0 Å². The molecule has 0 aromatic heterocycles. The van der Waals surface area contributed by atoms with Crippen LogP contribution in [0.3, 0.4) is 0 Å². The Kier molecular flexibility index (Phi) is 5.83. The van der Waals surface area contributed by atoms with Crippen molar-refractivity contribution < 1.29 is 0 Å². The van der Waals surface area contributed by atoms with E-state index in [4.69, 9.17) is 22.7 Å². The van der Waals surface area contributed by atoms with Gasteiger partial charge in [-0.15, -0.1) is 11.6 Å². The Morgan fingerprint density at radius 2 is 2.43 bits per heavy atom. The van der Waals surface area contributed by atoms with Gasteiger partial charge in [0.05, 0.1) is 0 Å². The predicted octanol–water partition coefficient (Wildman–Crippen LogP) is -0.0548. The smallest absolute Gasteiger partial charge is 0.201 e. The zero-order chi connectivity index (χ0) is 5.70. The van der Waals surface area contributed by atoms with Crippen LogP contribution in [0.1, 0.15) is 0 Å². The summed E-state index contributed by atoms with van der Waals surface area (Å²) in [5, 5.41) is 0. The maximum absolute atomic E-state index is 5.66. The second-order valence-corrected chi connectivity index (χ2v) is 8.10. The first-order valence-corrected chi connectivity index (χ1v) is 7.92.